The number of hydrogen-bond acceptors (Lipinski definition) is 8. The summed E-state index contributed by atoms with van der Waals surface area (Å²) in [6.45, 7) is 2.06. The third-order valence-electron chi connectivity index (χ3n) is 2.37. The van der Waals surface area contributed by atoms with Crippen molar-refractivity contribution in [1.29, 1.82) is 0 Å². The van der Waals surface area contributed by atoms with Gasteiger partial charge >= 0.3 is 16.5 Å². The van der Waals surface area contributed by atoms with Gasteiger partial charge in [0.05, 0.1) is 15.9 Å². The molecule has 0 unspecified atom stereocenters. The van der Waals surface area contributed by atoms with E-state index in [1.54, 1.807) is 0 Å². The van der Waals surface area contributed by atoms with E-state index in [1.807, 2.05) is 0 Å². The summed E-state index contributed by atoms with van der Waals surface area (Å²) >= 11 is 0. The molecular formula is C11H19N4NiO11+3. The zero-order chi connectivity index (χ0) is 17.0. The summed E-state index contributed by atoms with van der Waals surface area (Å²) in [6, 6.07) is 1.15. The standard InChI is InChI=1S/C11H10N4O7.Ni.4H2O/c1-5(16)10(6(2)17)13-12-8-3-7(14(19)20)4-9(11(8)18)15(21)22;;;;;/h3-4H,1-2H3,(H2,12,13,16,17,18);;4*1H2/q;+2;;;;/p+1. The molecule has 0 spiro atoms. The molecule has 11 N–H and O–H groups in total. The van der Waals surface area contributed by atoms with Crippen molar-refractivity contribution in [3.05, 3.63) is 37.8 Å². The Kier molecular flexibility index (Phi) is 18.4. The first-order valence-corrected chi connectivity index (χ1v) is 5.59. The number of Topliss-reactive ketones (excluding diaryl/α,β-unsaturated/α-hetero) is 2. The monoisotopic (exact) mass is 441 g/mol. The van der Waals surface area contributed by atoms with E-state index >= 15 is 0 Å². The Balaban J connectivity index is -0.000000323. The molecule has 1 rings (SSSR count). The van der Waals surface area contributed by atoms with Crippen LogP contribution >= 0.6 is 0 Å². The number of non-ortho nitro benzene ring substituents is 1. The van der Waals surface area contributed by atoms with Crippen LogP contribution in [0.1, 0.15) is 13.8 Å². The quantitative estimate of drug-likeness (QED) is 0.114. The predicted octanol–water partition coefficient (Wildman–Crippen LogP) is -2.48. The maximum Gasteiger partial charge on any atom is 2.00 e. The smallest absolute Gasteiger partial charge is 0.869 e. The van der Waals surface area contributed by atoms with Crippen LogP contribution in [0.3, 0.4) is 0 Å². The van der Waals surface area contributed by atoms with Crippen molar-refractivity contribution in [3.8, 4) is 5.75 Å². The van der Waals surface area contributed by atoms with Gasteiger partial charge in [-0.15, -0.1) is 5.69 Å². The van der Waals surface area contributed by atoms with Gasteiger partial charge in [-0.3, -0.25) is 29.8 Å². The Morgan fingerprint density at radius 2 is 1.44 bits per heavy atom. The molecule has 1 aromatic carbocycles. The van der Waals surface area contributed by atoms with Crippen molar-refractivity contribution in [3.63, 3.8) is 0 Å². The first-order chi connectivity index (χ1) is 10.1. The molecule has 0 aliphatic heterocycles. The molecule has 0 heterocycles. The van der Waals surface area contributed by atoms with Crippen molar-refractivity contribution in [1.82, 2.24) is 0 Å². The van der Waals surface area contributed by atoms with E-state index in [-0.39, 0.29) is 38.4 Å². The van der Waals surface area contributed by atoms with Crippen LogP contribution in [0.5, 0.6) is 5.75 Å². The van der Waals surface area contributed by atoms with Crippen molar-refractivity contribution >= 4 is 34.3 Å². The van der Waals surface area contributed by atoms with Crippen LogP contribution in [0, 0.1) is 20.2 Å². The minimum absolute atomic E-state index is 0. The number of nitrogens with zero attached hydrogens (tertiary/aromatic N) is 4. The van der Waals surface area contributed by atoms with Crippen LogP contribution in [0.15, 0.2) is 17.2 Å². The van der Waals surface area contributed by atoms with E-state index in [1.165, 1.54) is 0 Å². The maximum atomic E-state index is 11.7. The van der Waals surface area contributed by atoms with Crippen LogP contribution in [0.4, 0.5) is 17.1 Å². The Morgan fingerprint density at radius 3 is 1.78 bits per heavy atom. The maximum absolute atomic E-state index is 11.7. The van der Waals surface area contributed by atoms with Crippen LogP contribution in [-0.2, 0) is 42.5 Å². The molecule has 27 heavy (non-hydrogen) atoms. The van der Waals surface area contributed by atoms with Crippen LogP contribution in [-0.4, -0.2) is 32.6 Å². The van der Waals surface area contributed by atoms with Gasteiger partial charge in [-0.05, 0) is 5.75 Å². The van der Waals surface area contributed by atoms with Gasteiger partial charge in [0.1, 0.15) is 5.71 Å². The molecule has 0 aromatic heterocycles. The Bertz CT molecular complexity index is 707. The van der Waals surface area contributed by atoms with E-state index in [0.717, 1.165) is 13.8 Å². The van der Waals surface area contributed by atoms with E-state index < -0.39 is 49.9 Å². The van der Waals surface area contributed by atoms with E-state index in [0.29, 0.717) is 12.1 Å². The van der Waals surface area contributed by atoms with Crippen molar-refractivity contribution in [2.45, 2.75) is 13.8 Å². The summed E-state index contributed by atoms with van der Waals surface area (Å²) < 4.78 is 0. The average molecular weight is 442 g/mol. The molecule has 0 saturated carbocycles. The fourth-order valence-corrected chi connectivity index (χ4v) is 1.39. The Labute approximate surface area is 160 Å². The molecule has 15 nitrogen and oxygen atoms in total. The fourth-order valence-electron chi connectivity index (χ4n) is 1.39. The molecule has 0 atom stereocenters. The third kappa shape index (κ3) is 8.75. The molecule has 0 radical (unpaired) electrons. The summed E-state index contributed by atoms with van der Waals surface area (Å²) in [7, 11) is 0. The predicted molar refractivity (Wildman–Crippen MR) is 89.2 cm³/mol. The molecule has 0 bridgehead atoms. The van der Waals surface area contributed by atoms with Crippen molar-refractivity contribution in [2.24, 2.45) is 5.10 Å². The molecule has 0 fully saturated rings. The van der Waals surface area contributed by atoms with Crippen LogP contribution < -0.4 is 5.11 Å². The normalized spacial score (nSPS) is 7.93. The second-order valence-electron chi connectivity index (χ2n) is 3.99. The molecule has 0 aliphatic carbocycles. The molecule has 1 aromatic rings. The number of nitro benzene ring substituents is 2. The second-order valence-corrected chi connectivity index (χ2v) is 3.99. The first kappa shape index (κ1) is 35.1. The van der Waals surface area contributed by atoms with E-state index in [4.69, 9.17) is 0 Å². The Morgan fingerprint density at radius 1 is 1.00 bits per heavy atom. The summed E-state index contributed by atoms with van der Waals surface area (Å²) in [5.41, 5.74) is 0.146. The molecule has 16 heteroatoms. The number of benzene rings is 1. The number of rotatable bonds is 6. The largest absolute Gasteiger partial charge is 2.00 e. The SMILES string of the molecule is CC(=O)C(=N[N-]c1cc([N+](=O)[O-])cc([N+](=O)[O-])c1[O-])C(C)=O.O.[Ni+2].[OH3+].[OH3+].[OH3+]. The minimum Gasteiger partial charge on any atom is -0.869 e. The molecule has 0 saturated heterocycles. The fraction of sp³-hybridized carbons (Fsp3) is 0.182. The first-order valence-electron chi connectivity index (χ1n) is 5.59. The molecule has 0 amide bonds. The molecule has 0 aliphatic rings. The van der Waals surface area contributed by atoms with E-state index in [2.05, 4.69) is 10.5 Å². The third-order valence-corrected chi connectivity index (χ3v) is 2.37. The zero-order valence-electron chi connectivity index (χ0n) is 13.8. The molecule has 156 valence electrons. The van der Waals surface area contributed by atoms with Crippen LogP contribution in [0.2, 0.25) is 0 Å². The number of nitro groups is 2. The van der Waals surface area contributed by atoms with Crippen molar-refractivity contribution in [2.75, 3.05) is 0 Å². The number of hydrogen-bond donors (Lipinski definition) is 0. The summed E-state index contributed by atoms with van der Waals surface area (Å²) in [5.74, 6) is -2.68. The number of carbonyl (C=O) groups is 2. The van der Waals surface area contributed by atoms with Gasteiger partial charge < -0.3 is 37.5 Å². The van der Waals surface area contributed by atoms with Crippen molar-refractivity contribution < 1.29 is 62.9 Å². The number of ketones is 2. The number of carbonyl (C=O) groups excluding carboxylic acids is 2. The second kappa shape index (κ2) is 14.2. The van der Waals surface area contributed by atoms with Gasteiger partial charge in [0.25, 0.3) is 11.4 Å². The van der Waals surface area contributed by atoms with Gasteiger partial charge in [0.15, 0.2) is 11.6 Å². The van der Waals surface area contributed by atoms with Gasteiger partial charge in [-0.2, -0.15) is 0 Å². The van der Waals surface area contributed by atoms with Crippen LogP contribution in [0.25, 0.3) is 5.43 Å². The zero-order valence-corrected chi connectivity index (χ0v) is 14.8. The molecular weight excluding hydrogens is 423 g/mol. The summed E-state index contributed by atoms with van der Waals surface area (Å²) in [4.78, 5) is 41.6. The Hall–Kier alpha value is -3.04. The van der Waals surface area contributed by atoms with Gasteiger partial charge in [0, 0.05) is 19.9 Å². The summed E-state index contributed by atoms with van der Waals surface area (Å²) in [6.07, 6.45) is 0. The van der Waals surface area contributed by atoms with E-state index in [9.17, 15) is 34.9 Å². The summed E-state index contributed by atoms with van der Waals surface area (Å²) in [5, 5.41) is 36.4. The van der Waals surface area contributed by atoms with Gasteiger partial charge in [-0.25, -0.2) is 0 Å². The average Bonchev–Trinajstić information content (AvgIpc) is 2.39. The van der Waals surface area contributed by atoms with Gasteiger partial charge in [0.2, 0.25) is 0 Å². The minimum atomic E-state index is -1.22. The van der Waals surface area contributed by atoms with Gasteiger partial charge in [-0.1, -0.05) is 0 Å². The topological polar surface area (TPSA) is 300 Å².